The largest absolute Gasteiger partial charge is 0.392 e. The lowest BCUT2D eigenvalue weighted by atomic mass is 10.1. The second kappa shape index (κ2) is 3.51. The minimum atomic E-state index is -0.342. The van der Waals surface area contributed by atoms with Crippen LogP contribution >= 0.6 is 0 Å². The van der Waals surface area contributed by atoms with Crippen molar-refractivity contribution in [2.24, 2.45) is 0 Å². The highest BCUT2D eigenvalue weighted by atomic mass is 16.3. The molecule has 4 nitrogen and oxygen atoms in total. The molecule has 1 rings (SSSR count). The molecule has 66 valence electrons. The van der Waals surface area contributed by atoms with E-state index < -0.39 is 0 Å². The first kappa shape index (κ1) is 8.96. The van der Waals surface area contributed by atoms with E-state index in [0.717, 1.165) is 0 Å². The maximum Gasteiger partial charge on any atom is 0.254 e. The van der Waals surface area contributed by atoms with E-state index in [0.29, 0.717) is 11.3 Å². The Balaban J connectivity index is 3.34. The van der Waals surface area contributed by atoms with Gasteiger partial charge in [-0.25, -0.2) is 0 Å². The molecule has 3 N–H and O–H groups in total. The van der Waals surface area contributed by atoms with Gasteiger partial charge in [0.2, 0.25) is 0 Å². The summed E-state index contributed by atoms with van der Waals surface area (Å²) in [6.45, 7) is 1.16. The molecule has 0 unspecified atom stereocenters. The standard InChI is InChI=1S/C8H11NO3/c1-5-2-6(3-10)7(4-11)8(12)9-5/h2,10-11H,3-4H2,1H3,(H,9,12). The average molecular weight is 169 g/mol. The van der Waals surface area contributed by atoms with Crippen LogP contribution in [-0.4, -0.2) is 15.2 Å². The first-order valence-electron chi connectivity index (χ1n) is 3.62. The predicted octanol–water partition coefficient (Wildman–Crippen LogP) is -0.332. The van der Waals surface area contributed by atoms with Crippen molar-refractivity contribution in [1.29, 1.82) is 0 Å². The van der Waals surface area contributed by atoms with Crippen LogP contribution in [0.3, 0.4) is 0 Å². The molecule has 1 aromatic rings. The third kappa shape index (κ3) is 1.54. The van der Waals surface area contributed by atoms with Crippen molar-refractivity contribution in [2.45, 2.75) is 20.1 Å². The number of rotatable bonds is 2. The molecule has 0 aliphatic carbocycles. The van der Waals surface area contributed by atoms with E-state index >= 15 is 0 Å². The summed E-state index contributed by atoms with van der Waals surface area (Å²) >= 11 is 0. The van der Waals surface area contributed by atoms with Gasteiger partial charge in [-0.3, -0.25) is 4.79 Å². The molecule has 0 aliphatic rings. The van der Waals surface area contributed by atoms with E-state index in [-0.39, 0.29) is 24.3 Å². The second-order valence-electron chi connectivity index (χ2n) is 2.60. The third-order valence-electron chi connectivity index (χ3n) is 1.69. The van der Waals surface area contributed by atoms with Gasteiger partial charge in [-0.05, 0) is 18.6 Å². The molecular weight excluding hydrogens is 158 g/mol. The third-order valence-corrected chi connectivity index (χ3v) is 1.69. The number of hydrogen-bond acceptors (Lipinski definition) is 3. The molecule has 0 bridgehead atoms. The SMILES string of the molecule is Cc1cc(CO)c(CO)c(=O)[nH]1. The summed E-state index contributed by atoms with van der Waals surface area (Å²) in [5.41, 5.74) is 1.07. The fourth-order valence-electron chi connectivity index (χ4n) is 1.10. The molecule has 0 saturated carbocycles. The number of pyridine rings is 1. The number of hydrogen-bond donors (Lipinski definition) is 3. The van der Waals surface area contributed by atoms with Gasteiger partial charge in [-0.1, -0.05) is 0 Å². The Morgan fingerprint density at radius 3 is 2.58 bits per heavy atom. The van der Waals surface area contributed by atoms with Crippen molar-refractivity contribution in [2.75, 3.05) is 0 Å². The monoisotopic (exact) mass is 169 g/mol. The molecule has 0 amide bonds. The van der Waals surface area contributed by atoms with Crippen molar-refractivity contribution < 1.29 is 10.2 Å². The predicted molar refractivity (Wildman–Crippen MR) is 43.6 cm³/mol. The summed E-state index contributed by atoms with van der Waals surface area (Å²) in [4.78, 5) is 13.7. The summed E-state index contributed by atoms with van der Waals surface area (Å²) in [5.74, 6) is 0. The highest BCUT2D eigenvalue weighted by Crippen LogP contribution is 2.04. The first-order chi connectivity index (χ1) is 5.69. The maximum absolute atomic E-state index is 11.1. The lowest BCUT2D eigenvalue weighted by Crippen LogP contribution is -2.16. The molecule has 0 radical (unpaired) electrons. The van der Waals surface area contributed by atoms with Gasteiger partial charge in [0.25, 0.3) is 5.56 Å². The average Bonchev–Trinajstić information content (AvgIpc) is 2.03. The van der Waals surface area contributed by atoms with Crippen molar-refractivity contribution in [3.63, 3.8) is 0 Å². The summed E-state index contributed by atoms with van der Waals surface area (Å²) < 4.78 is 0. The van der Waals surface area contributed by atoms with Crippen LogP contribution in [0.1, 0.15) is 16.8 Å². The van der Waals surface area contributed by atoms with Crippen LogP contribution in [0, 0.1) is 6.92 Å². The summed E-state index contributed by atoms with van der Waals surface area (Å²) in [6.07, 6.45) is 0. The highest BCUT2D eigenvalue weighted by molar-refractivity contribution is 5.25. The topological polar surface area (TPSA) is 73.3 Å². The number of H-pyrrole nitrogens is 1. The Morgan fingerprint density at radius 2 is 2.08 bits per heavy atom. The Labute approximate surface area is 69.5 Å². The minimum absolute atomic E-state index is 0.222. The van der Waals surface area contributed by atoms with Crippen LogP contribution in [0.15, 0.2) is 10.9 Å². The zero-order valence-electron chi connectivity index (χ0n) is 6.79. The Kier molecular flexibility index (Phi) is 2.62. The van der Waals surface area contributed by atoms with Crippen LogP contribution < -0.4 is 5.56 Å². The van der Waals surface area contributed by atoms with Gasteiger partial charge in [0, 0.05) is 11.3 Å². The van der Waals surface area contributed by atoms with E-state index in [4.69, 9.17) is 10.2 Å². The molecule has 4 heteroatoms. The zero-order valence-corrected chi connectivity index (χ0v) is 6.79. The molecular formula is C8H11NO3. The van der Waals surface area contributed by atoms with E-state index in [9.17, 15) is 4.79 Å². The van der Waals surface area contributed by atoms with E-state index in [2.05, 4.69) is 4.98 Å². The Hall–Kier alpha value is -1.13. The van der Waals surface area contributed by atoms with Crippen LogP contribution in [0.4, 0.5) is 0 Å². The summed E-state index contributed by atoms with van der Waals surface area (Å²) in [5, 5.41) is 17.6. The van der Waals surface area contributed by atoms with Crippen molar-refractivity contribution in [3.05, 3.63) is 33.2 Å². The van der Waals surface area contributed by atoms with Gasteiger partial charge in [0.1, 0.15) is 0 Å². The molecule has 0 spiro atoms. The van der Waals surface area contributed by atoms with Crippen molar-refractivity contribution >= 4 is 0 Å². The minimum Gasteiger partial charge on any atom is -0.392 e. The van der Waals surface area contributed by atoms with Gasteiger partial charge in [0.05, 0.1) is 13.2 Å². The first-order valence-corrected chi connectivity index (χ1v) is 3.62. The number of aryl methyl sites for hydroxylation is 1. The molecule has 12 heavy (non-hydrogen) atoms. The lowest BCUT2D eigenvalue weighted by molar-refractivity contribution is 0.258. The van der Waals surface area contributed by atoms with Gasteiger partial charge >= 0.3 is 0 Å². The van der Waals surface area contributed by atoms with E-state index in [1.165, 1.54) is 0 Å². The summed E-state index contributed by atoms with van der Waals surface area (Å²) in [6, 6.07) is 1.65. The maximum atomic E-state index is 11.1. The van der Waals surface area contributed by atoms with Gasteiger partial charge in [-0.2, -0.15) is 0 Å². The number of nitrogens with one attached hydrogen (secondary N) is 1. The fourth-order valence-corrected chi connectivity index (χ4v) is 1.10. The van der Waals surface area contributed by atoms with E-state index in [1.807, 2.05) is 0 Å². The quantitative estimate of drug-likeness (QED) is 0.567. The number of aromatic nitrogens is 1. The van der Waals surface area contributed by atoms with Crippen molar-refractivity contribution in [1.82, 2.24) is 4.98 Å². The smallest absolute Gasteiger partial charge is 0.254 e. The zero-order chi connectivity index (χ0) is 9.14. The van der Waals surface area contributed by atoms with Gasteiger partial charge in [-0.15, -0.1) is 0 Å². The lowest BCUT2D eigenvalue weighted by Gasteiger charge is -2.03. The molecule has 0 fully saturated rings. The second-order valence-corrected chi connectivity index (χ2v) is 2.60. The molecule has 0 aromatic carbocycles. The van der Waals surface area contributed by atoms with Crippen LogP contribution in [-0.2, 0) is 13.2 Å². The van der Waals surface area contributed by atoms with Gasteiger partial charge in [0.15, 0.2) is 0 Å². The van der Waals surface area contributed by atoms with Crippen LogP contribution in [0.25, 0.3) is 0 Å². The normalized spacial score (nSPS) is 10.2. The molecule has 0 saturated heterocycles. The fraction of sp³-hybridized carbons (Fsp3) is 0.375. The van der Waals surface area contributed by atoms with E-state index in [1.54, 1.807) is 13.0 Å². The van der Waals surface area contributed by atoms with Crippen molar-refractivity contribution in [3.8, 4) is 0 Å². The highest BCUT2D eigenvalue weighted by Gasteiger charge is 2.05. The number of aliphatic hydroxyl groups is 2. The van der Waals surface area contributed by atoms with Crippen LogP contribution in [0.5, 0.6) is 0 Å². The Bertz CT molecular complexity index is 330. The molecule has 1 heterocycles. The molecule has 0 aliphatic heterocycles. The Morgan fingerprint density at radius 1 is 1.42 bits per heavy atom. The van der Waals surface area contributed by atoms with Crippen LogP contribution in [0.2, 0.25) is 0 Å². The molecule has 1 aromatic heterocycles. The number of aromatic amines is 1. The van der Waals surface area contributed by atoms with Gasteiger partial charge < -0.3 is 15.2 Å². The molecule has 0 atom stereocenters. The summed E-state index contributed by atoms with van der Waals surface area (Å²) in [7, 11) is 0. The number of aliphatic hydroxyl groups excluding tert-OH is 2.